The van der Waals surface area contributed by atoms with Gasteiger partial charge in [-0.2, -0.15) is 0 Å². The SMILES string of the molecule is O=C(c1ccc2[nH]ccc2c1)N1CCC(Oc2cnc3ccccc3n2)CC1. The lowest BCUT2D eigenvalue weighted by molar-refractivity contribution is 0.0588. The topological polar surface area (TPSA) is 71.1 Å². The van der Waals surface area contributed by atoms with E-state index in [-0.39, 0.29) is 12.0 Å². The van der Waals surface area contributed by atoms with E-state index in [0.717, 1.165) is 40.3 Å². The normalized spacial score (nSPS) is 15.2. The summed E-state index contributed by atoms with van der Waals surface area (Å²) in [5.74, 6) is 0.619. The first kappa shape index (κ1) is 16.7. The van der Waals surface area contributed by atoms with Crippen LogP contribution >= 0.6 is 0 Å². The van der Waals surface area contributed by atoms with Crippen LogP contribution in [0.25, 0.3) is 21.9 Å². The first-order valence-electron chi connectivity index (χ1n) is 9.51. The molecule has 3 heterocycles. The quantitative estimate of drug-likeness (QED) is 0.594. The molecular weight excluding hydrogens is 352 g/mol. The average Bonchev–Trinajstić information content (AvgIpc) is 3.21. The summed E-state index contributed by atoms with van der Waals surface area (Å²) in [4.78, 5) is 26.8. The number of rotatable bonds is 3. The first-order chi connectivity index (χ1) is 13.8. The third kappa shape index (κ3) is 3.17. The molecule has 6 nitrogen and oxygen atoms in total. The molecule has 140 valence electrons. The van der Waals surface area contributed by atoms with Gasteiger partial charge in [0.2, 0.25) is 5.88 Å². The minimum Gasteiger partial charge on any atom is -0.473 e. The highest BCUT2D eigenvalue weighted by molar-refractivity contribution is 5.98. The van der Waals surface area contributed by atoms with Crippen LogP contribution in [-0.2, 0) is 0 Å². The fourth-order valence-corrected chi connectivity index (χ4v) is 3.71. The van der Waals surface area contributed by atoms with E-state index in [1.807, 2.05) is 59.6 Å². The standard InChI is InChI=1S/C22H20N4O2/c27-22(16-5-6-18-15(13-16)7-10-23-18)26-11-8-17(9-12-26)28-21-14-24-19-3-1-2-4-20(19)25-21/h1-7,10,13-14,17,23H,8-9,11-12H2. The molecule has 1 saturated heterocycles. The van der Waals surface area contributed by atoms with Gasteiger partial charge in [0.1, 0.15) is 6.10 Å². The minimum absolute atomic E-state index is 0.0478. The second-order valence-electron chi connectivity index (χ2n) is 7.09. The van der Waals surface area contributed by atoms with Crippen molar-refractivity contribution < 1.29 is 9.53 Å². The molecule has 0 bridgehead atoms. The summed E-state index contributed by atoms with van der Waals surface area (Å²) in [7, 11) is 0. The molecule has 5 rings (SSSR count). The zero-order valence-electron chi connectivity index (χ0n) is 15.3. The van der Waals surface area contributed by atoms with Gasteiger partial charge in [-0.05, 0) is 36.4 Å². The zero-order valence-corrected chi connectivity index (χ0v) is 15.3. The molecule has 1 N–H and O–H groups in total. The molecule has 1 aliphatic rings. The molecular formula is C22H20N4O2. The predicted molar refractivity (Wildman–Crippen MR) is 107 cm³/mol. The molecule has 0 atom stereocenters. The van der Waals surface area contributed by atoms with Crippen LogP contribution in [0.15, 0.2) is 60.9 Å². The largest absolute Gasteiger partial charge is 0.473 e. The van der Waals surface area contributed by atoms with Crippen molar-refractivity contribution in [1.82, 2.24) is 19.9 Å². The van der Waals surface area contributed by atoms with Crippen LogP contribution in [0.2, 0.25) is 0 Å². The number of aromatic nitrogens is 3. The van der Waals surface area contributed by atoms with Crippen molar-refractivity contribution in [2.24, 2.45) is 0 Å². The van der Waals surface area contributed by atoms with E-state index >= 15 is 0 Å². The minimum atomic E-state index is 0.0478. The predicted octanol–water partition coefficient (Wildman–Crippen LogP) is 3.79. The second-order valence-corrected chi connectivity index (χ2v) is 7.09. The Kier molecular flexibility index (Phi) is 4.16. The monoisotopic (exact) mass is 372 g/mol. The summed E-state index contributed by atoms with van der Waals surface area (Å²) in [5.41, 5.74) is 3.45. The maximum absolute atomic E-state index is 12.8. The van der Waals surface area contributed by atoms with Crippen molar-refractivity contribution in [2.45, 2.75) is 18.9 Å². The molecule has 4 aromatic rings. The van der Waals surface area contributed by atoms with Crippen LogP contribution < -0.4 is 4.74 Å². The van der Waals surface area contributed by atoms with E-state index in [2.05, 4.69) is 15.0 Å². The van der Waals surface area contributed by atoms with E-state index in [4.69, 9.17) is 4.74 Å². The molecule has 0 unspecified atom stereocenters. The molecule has 0 aliphatic carbocycles. The van der Waals surface area contributed by atoms with Crippen molar-refractivity contribution in [2.75, 3.05) is 13.1 Å². The number of fused-ring (bicyclic) bond motifs is 2. The average molecular weight is 372 g/mol. The Morgan fingerprint density at radius 2 is 1.89 bits per heavy atom. The molecule has 2 aromatic heterocycles. The second kappa shape index (κ2) is 6.96. The van der Waals surface area contributed by atoms with Gasteiger partial charge in [-0.15, -0.1) is 0 Å². The van der Waals surface area contributed by atoms with Gasteiger partial charge >= 0.3 is 0 Å². The fourth-order valence-electron chi connectivity index (χ4n) is 3.71. The van der Waals surface area contributed by atoms with Crippen LogP contribution in [0.1, 0.15) is 23.2 Å². The van der Waals surface area contributed by atoms with E-state index in [0.29, 0.717) is 19.0 Å². The van der Waals surface area contributed by atoms with Gasteiger partial charge in [0.15, 0.2) is 0 Å². The fraction of sp³-hybridized carbons (Fsp3) is 0.227. The Labute approximate surface area is 162 Å². The number of benzene rings is 2. The Morgan fingerprint density at radius 3 is 2.75 bits per heavy atom. The molecule has 28 heavy (non-hydrogen) atoms. The summed E-state index contributed by atoms with van der Waals surface area (Å²) in [5, 5.41) is 1.05. The van der Waals surface area contributed by atoms with Crippen molar-refractivity contribution in [3.8, 4) is 5.88 Å². The number of H-pyrrole nitrogens is 1. The van der Waals surface area contributed by atoms with Crippen LogP contribution in [-0.4, -0.2) is 45.0 Å². The van der Waals surface area contributed by atoms with E-state index in [9.17, 15) is 4.79 Å². The Morgan fingerprint density at radius 1 is 1.07 bits per heavy atom. The van der Waals surface area contributed by atoms with Gasteiger partial charge < -0.3 is 14.6 Å². The summed E-state index contributed by atoms with van der Waals surface area (Å²) in [6.45, 7) is 1.35. The van der Waals surface area contributed by atoms with Gasteiger partial charge in [-0.3, -0.25) is 4.79 Å². The van der Waals surface area contributed by atoms with Crippen molar-refractivity contribution in [1.29, 1.82) is 0 Å². The third-order valence-electron chi connectivity index (χ3n) is 5.24. The number of carbonyl (C=O) groups is 1. The first-order valence-corrected chi connectivity index (χ1v) is 9.51. The number of likely N-dealkylation sites (tertiary alicyclic amines) is 1. The van der Waals surface area contributed by atoms with Crippen molar-refractivity contribution >= 4 is 27.8 Å². The molecule has 0 radical (unpaired) electrons. The highest BCUT2D eigenvalue weighted by Gasteiger charge is 2.25. The highest BCUT2D eigenvalue weighted by Crippen LogP contribution is 2.21. The Balaban J connectivity index is 1.23. The van der Waals surface area contributed by atoms with Crippen LogP contribution in [0.3, 0.4) is 0 Å². The van der Waals surface area contributed by atoms with E-state index in [1.54, 1.807) is 6.20 Å². The number of carbonyl (C=O) groups excluding carboxylic acids is 1. The van der Waals surface area contributed by atoms with Crippen LogP contribution in [0.5, 0.6) is 5.88 Å². The zero-order chi connectivity index (χ0) is 18.9. The number of piperidine rings is 1. The van der Waals surface area contributed by atoms with Gasteiger partial charge in [-0.1, -0.05) is 12.1 Å². The lowest BCUT2D eigenvalue weighted by Crippen LogP contribution is -2.41. The molecule has 1 aliphatic heterocycles. The lowest BCUT2D eigenvalue weighted by Gasteiger charge is -2.32. The number of hydrogen-bond donors (Lipinski definition) is 1. The molecule has 1 fully saturated rings. The molecule has 0 spiro atoms. The molecule has 6 heteroatoms. The van der Waals surface area contributed by atoms with Gasteiger partial charge in [0.25, 0.3) is 5.91 Å². The smallest absolute Gasteiger partial charge is 0.253 e. The highest BCUT2D eigenvalue weighted by atomic mass is 16.5. The van der Waals surface area contributed by atoms with Gasteiger partial charge in [0.05, 0.1) is 17.2 Å². The Hall–Kier alpha value is -3.41. The van der Waals surface area contributed by atoms with E-state index in [1.165, 1.54) is 0 Å². The number of hydrogen-bond acceptors (Lipinski definition) is 4. The van der Waals surface area contributed by atoms with Crippen molar-refractivity contribution in [3.63, 3.8) is 0 Å². The number of aromatic amines is 1. The van der Waals surface area contributed by atoms with Crippen LogP contribution in [0.4, 0.5) is 0 Å². The van der Waals surface area contributed by atoms with Gasteiger partial charge in [0, 0.05) is 48.6 Å². The van der Waals surface area contributed by atoms with E-state index < -0.39 is 0 Å². The van der Waals surface area contributed by atoms with Crippen molar-refractivity contribution in [3.05, 3.63) is 66.5 Å². The third-order valence-corrected chi connectivity index (χ3v) is 5.24. The lowest BCUT2D eigenvalue weighted by atomic mass is 10.1. The maximum Gasteiger partial charge on any atom is 0.253 e. The summed E-state index contributed by atoms with van der Waals surface area (Å²) in [6.07, 6.45) is 5.18. The summed E-state index contributed by atoms with van der Waals surface area (Å²) < 4.78 is 6.03. The summed E-state index contributed by atoms with van der Waals surface area (Å²) >= 11 is 0. The number of ether oxygens (including phenoxy) is 1. The number of amides is 1. The number of nitrogens with one attached hydrogen (secondary N) is 1. The Bertz CT molecular complexity index is 1150. The maximum atomic E-state index is 12.8. The van der Waals surface area contributed by atoms with Gasteiger partial charge in [-0.25, -0.2) is 9.97 Å². The molecule has 1 amide bonds. The number of nitrogens with zero attached hydrogens (tertiary/aromatic N) is 3. The molecule has 0 saturated carbocycles. The summed E-state index contributed by atoms with van der Waals surface area (Å²) in [6, 6.07) is 15.5. The number of para-hydroxylation sites is 2. The molecule has 2 aromatic carbocycles. The van der Waals surface area contributed by atoms with Crippen LogP contribution in [0, 0.1) is 0 Å².